The molecular weight excluding hydrogens is 365 g/mol. The number of nitrogens with one attached hydrogen (secondary N) is 1. The smallest absolute Gasteiger partial charge is 0.272 e. The van der Waals surface area contributed by atoms with Gasteiger partial charge >= 0.3 is 0 Å². The summed E-state index contributed by atoms with van der Waals surface area (Å²) < 4.78 is 5.52. The van der Waals surface area contributed by atoms with Gasteiger partial charge in [-0.05, 0) is 31.2 Å². The first-order valence-electron chi connectivity index (χ1n) is 8.44. The van der Waals surface area contributed by atoms with Gasteiger partial charge in [-0.2, -0.15) is 0 Å². The van der Waals surface area contributed by atoms with E-state index in [9.17, 15) is 10.1 Å². The van der Waals surface area contributed by atoms with Crippen LogP contribution in [0.1, 0.15) is 30.0 Å². The second-order valence-corrected chi connectivity index (χ2v) is 6.48. The molecule has 2 fully saturated rings. The summed E-state index contributed by atoms with van der Waals surface area (Å²) in [5.74, 6) is 0.504. The summed E-state index contributed by atoms with van der Waals surface area (Å²) in [6.07, 6.45) is 2.05. The molecule has 1 aromatic rings. The topological polar surface area (TPSA) is 67.6 Å². The Morgan fingerprint density at radius 1 is 1.24 bits per heavy atom. The van der Waals surface area contributed by atoms with Crippen molar-refractivity contribution in [3.05, 3.63) is 39.4 Å². The normalized spacial score (nSPS) is 20.2. The van der Waals surface area contributed by atoms with E-state index in [-0.39, 0.29) is 41.5 Å². The molecule has 0 amide bonds. The Morgan fingerprint density at radius 3 is 2.48 bits per heavy atom. The van der Waals surface area contributed by atoms with E-state index in [2.05, 4.69) is 16.3 Å². The lowest BCUT2D eigenvalue weighted by Crippen LogP contribution is -2.47. The molecule has 1 atom stereocenters. The number of nitro groups is 1. The van der Waals surface area contributed by atoms with Gasteiger partial charge in [-0.3, -0.25) is 15.0 Å². The van der Waals surface area contributed by atoms with E-state index in [0.29, 0.717) is 5.92 Å². The molecule has 2 aliphatic heterocycles. The van der Waals surface area contributed by atoms with Crippen LogP contribution >= 0.6 is 24.8 Å². The van der Waals surface area contributed by atoms with E-state index in [4.69, 9.17) is 4.74 Å². The second kappa shape index (κ2) is 10.3. The largest absolute Gasteiger partial charge is 0.381 e. The predicted octanol–water partition coefficient (Wildman–Crippen LogP) is 3.12. The number of nitro benzene ring substituents is 1. The fourth-order valence-electron chi connectivity index (χ4n) is 3.78. The van der Waals surface area contributed by atoms with Crippen LogP contribution in [0.2, 0.25) is 0 Å². The van der Waals surface area contributed by atoms with Crippen molar-refractivity contribution in [1.29, 1.82) is 0 Å². The summed E-state index contributed by atoms with van der Waals surface area (Å²) in [5.41, 5.74) is 2.04. The molecule has 1 N–H and O–H groups in total. The molecule has 0 unspecified atom stereocenters. The van der Waals surface area contributed by atoms with Gasteiger partial charge in [0.2, 0.25) is 0 Å². The van der Waals surface area contributed by atoms with Crippen molar-refractivity contribution in [3.8, 4) is 0 Å². The lowest BCUT2D eigenvalue weighted by atomic mass is 9.85. The van der Waals surface area contributed by atoms with Crippen LogP contribution in [0, 0.1) is 23.0 Å². The van der Waals surface area contributed by atoms with Crippen molar-refractivity contribution in [3.63, 3.8) is 0 Å². The molecule has 142 valence electrons. The number of aryl methyl sites for hydroxylation is 1. The standard InChI is InChI=1S/C17H25N3O3.2ClH/c1-13-2-3-15(12-16(13)20(21)22)17(14-4-10-23-11-5-14)19-8-6-18-7-9-19;;/h2-3,12,14,17-18H,4-11H2,1H3;2*1H/t17-;;/m0../s1. The van der Waals surface area contributed by atoms with Gasteiger partial charge in [-0.15, -0.1) is 24.8 Å². The molecule has 6 nitrogen and oxygen atoms in total. The molecule has 2 saturated heterocycles. The van der Waals surface area contributed by atoms with Gasteiger partial charge in [-0.1, -0.05) is 12.1 Å². The minimum atomic E-state index is -0.266. The van der Waals surface area contributed by atoms with E-state index in [1.54, 1.807) is 13.0 Å². The van der Waals surface area contributed by atoms with Gasteiger partial charge in [0, 0.05) is 57.1 Å². The molecule has 0 radical (unpaired) electrons. The molecule has 0 bridgehead atoms. The first kappa shape index (κ1) is 22.1. The number of hydrogen-bond donors (Lipinski definition) is 1. The predicted molar refractivity (Wildman–Crippen MR) is 103 cm³/mol. The van der Waals surface area contributed by atoms with Crippen LogP contribution < -0.4 is 5.32 Å². The molecule has 1 aromatic carbocycles. The summed E-state index contributed by atoms with van der Waals surface area (Å²) in [5, 5.41) is 14.7. The lowest BCUT2D eigenvalue weighted by molar-refractivity contribution is -0.385. The van der Waals surface area contributed by atoms with Crippen LogP contribution in [0.5, 0.6) is 0 Å². The molecule has 2 heterocycles. The number of ether oxygens (including phenoxy) is 1. The molecule has 0 aliphatic carbocycles. The zero-order valence-electron chi connectivity index (χ0n) is 14.5. The van der Waals surface area contributed by atoms with Crippen LogP contribution in [0.3, 0.4) is 0 Å². The van der Waals surface area contributed by atoms with Crippen molar-refractivity contribution >= 4 is 30.5 Å². The van der Waals surface area contributed by atoms with Gasteiger partial charge in [-0.25, -0.2) is 0 Å². The van der Waals surface area contributed by atoms with Crippen LogP contribution in [0.15, 0.2) is 18.2 Å². The average Bonchev–Trinajstić information content (AvgIpc) is 2.58. The number of rotatable bonds is 4. The van der Waals surface area contributed by atoms with Gasteiger partial charge < -0.3 is 10.1 Å². The summed E-state index contributed by atoms with van der Waals surface area (Å²) in [7, 11) is 0. The Bertz CT molecular complexity index is 544. The summed E-state index contributed by atoms with van der Waals surface area (Å²) in [6, 6.07) is 6.00. The van der Waals surface area contributed by atoms with E-state index < -0.39 is 0 Å². The van der Waals surface area contributed by atoms with Crippen LogP contribution in [0.4, 0.5) is 5.69 Å². The van der Waals surface area contributed by atoms with Crippen molar-refractivity contribution in [2.75, 3.05) is 39.4 Å². The van der Waals surface area contributed by atoms with E-state index >= 15 is 0 Å². The summed E-state index contributed by atoms with van der Waals surface area (Å²) >= 11 is 0. The fraction of sp³-hybridized carbons (Fsp3) is 0.647. The van der Waals surface area contributed by atoms with Gasteiger partial charge in [0.05, 0.1) is 4.92 Å². The van der Waals surface area contributed by atoms with Crippen molar-refractivity contribution in [2.45, 2.75) is 25.8 Å². The van der Waals surface area contributed by atoms with Crippen LogP contribution in [0.25, 0.3) is 0 Å². The monoisotopic (exact) mass is 391 g/mol. The zero-order valence-corrected chi connectivity index (χ0v) is 16.1. The molecule has 0 saturated carbocycles. The van der Waals surface area contributed by atoms with E-state index in [1.165, 1.54) is 0 Å². The SMILES string of the molecule is Cc1ccc([C@H](C2CCOCC2)N2CCNCC2)cc1[N+](=O)[O-].Cl.Cl. The minimum absolute atomic E-state index is 0. The van der Waals surface area contributed by atoms with Crippen molar-refractivity contribution in [1.82, 2.24) is 10.2 Å². The summed E-state index contributed by atoms with van der Waals surface area (Å²) in [4.78, 5) is 13.5. The van der Waals surface area contributed by atoms with Crippen LogP contribution in [-0.2, 0) is 4.74 Å². The quantitative estimate of drug-likeness (QED) is 0.630. The number of piperazine rings is 1. The maximum absolute atomic E-state index is 11.3. The molecule has 8 heteroatoms. The molecule has 0 aromatic heterocycles. The van der Waals surface area contributed by atoms with Crippen molar-refractivity contribution < 1.29 is 9.66 Å². The Balaban J connectivity index is 0.00000156. The van der Waals surface area contributed by atoms with Crippen molar-refractivity contribution in [2.24, 2.45) is 5.92 Å². The third-order valence-electron chi connectivity index (χ3n) is 5.03. The summed E-state index contributed by atoms with van der Waals surface area (Å²) in [6.45, 7) is 7.33. The lowest BCUT2D eigenvalue weighted by Gasteiger charge is -2.41. The maximum Gasteiger partial charge on any atom is 0.272 e. The van der Waals surface area contributed by atoms with Crippen LogP contribution in [-0.4, -0.2) is 49.2 Å². The van der Waals surface area contributed by atoms with Gasteiger partial charge in [0.25, 0.3) is 5.69 Å². The highest BCUT2D eigenvalue weighted by atomic mass is 35.5. The molecule has 3 rings (SSSR count). The third-order valence-corrected chi connectivity index (χ3v) is 5.03. The van der Waals surface area contributed by atoms with E-state index in [1.807, 2.05) is 6.07 Å². The average molecular weight is 392 g/mol. The number of nitrogens with zero attached hydrogens (tertiary/aromatic N) is 2. The Hall–Kier alpha value is -0.920. The first-order valence-corrected chi connectivity index (χ1v) is 8.44. The maximum atomic E-state index is 11.3. The Morgan fingerprint density at radius 2 is 1.88 bits per heavy atom. The number of hydrogen-bond acceptors (Lipinski definition) is 5. The molecule has 25 heavy (non-hydrogen) atoms. The highest BCUT2D eigenvalue weighted by Crippen LogP contribution is 2.37. The molecule has 2 aliphatic rings. The minimum Gasteiger partial charge on any atom is -0.381 e. The number of halogens is 2. The molecule has 0 spiro atoms. The van der Waals surface area contributed by atoms with Gasteiger partial charge in [0.1, 0.15) is 0 Å². The number of benzene rings is 1. The Kier molecular flexibility index (Phi) is 9.10. The third kappa shape index (κ3) is 5.28. The van der Waals surface area contributed by atoms with Gasteiger partial charge in [0.15, 0.2) is 0 Å². The molecular formula is C17H27Cl2N3O3. The Labute approximate surface area is 161 Å². The van der Waals surface area contributed by atoms with E-state index in [0.717, 1.165) is 63.4 Å². The fourth-order valence-corrected chi connectivity index (χ4v) is 3.78. The highest BCUT2D eigenvalue weighted by molar-refractivity contribution is 5.85. The first-order chi connectivity index (χ1) is 11.2. The second-order valence-electron chi connectivity index (χ2n) is 6.48. The zero-order chi connectivity index (χ0) is 16.2. The highest BCUT2D eigenvalue weighted by Gasteiger charge is 2.32.